The molecule has 0 aromatic heterocycles. The van der Waals surface area contributed by atoms with Crippen LogP contribution in [0.3, 0.4) is 0 Å². The highest BCUT2D eigenvalue weighted by atomic mass is 16.3. The van der Waals surface area contributed by atoms with Gasteiger partial charge in [0.15, 0.2) is 0 Å². The van der Waals surface area contributed by atoms with Crippen molar-refractivity contribution in [2.45, 2.75) is 25.4 Å². The molecular weight excluding hydrogens is 286 g/mol. The van der Waals surface area contributed by atoms with E-state index in [-0.39, 0.29) is 13.2 Å². The minimum atomic E-state index is -0.660. The zero-order valence-electron chi connectivity index (χ0n) is 13.3. The molecule has 1 aliphatic rings. The molecular formula is C20H21NO2. The average Bonchev–Trinajstić information content (AvgIpc) is 2.98. The van der Waals surface area contributed by atoms with Crippen molar-refractivity contribution >= 4 is 21.5 Å². The summed E-state index contributed by atoms with van der Waals surface area (Å²) in [5, 5.41) is 27.5. The Morgan fingerprint density at radius 1 is 0.957 bits per heavy atom. The second-order valence-electron chi connectivity index (χ2n) is 6.79. The van der Waals surface area contributed by atoms with Crippen LogP contribution >= 0.6 is 0 Å². The lowest BCUT2D eigenvalue weighted by molar-refractivity contribution is 0.103. The van der Waals surface area contributed by atoms with E-state index in [0.717, 1.165) is 6.42 Å². The molecule has 0 saturated heterocycles. The molecule has 23 heavy (non-hydrogen) atoms. The van der Waals surface area contributed by atoms with E-state index < -0.39 is 5.54 Å². The zero-order valence-corrected chi connectivity index (χ0v) is 13.3. The predicted molar refractivity (Wildman–Crippen MR) is 93.7 cm³/mol. The molecule has 0 spiro atoms. The molecule has 0 atom stereocenters. The van der Waals surface area contributed by atoms with Gasteiger partial charge in [-0.1, -0.05) is 42.5 Å². The lowest BCUT2D eigenvalue weighted by Crippen LogP contribution is -2.48. The number of hydrogen-bond acceptors (Lipinski definition) is 3. The molecule has 0 heterocycles. The Bertz CT molecular complexity index is 897. The Labute approximate surface area is 135 Å². The quantitative estimate of drug-likeness (QED) is 0.497. The highest BCUT2D eigenvalue weighted by Crippen LogP contribution is 2.39. The Hall–Kier alpha value is -1.94. The maximum atomic E-state index is 9.45. The van der Waals surface area contributed by atoms with Gasteiger partial charge >= 0.3 is 0 Å². The molecule has 0 aliphatic heterocycles. The molecule has 1 aliphatic carbocycles. The van der Waals surface area contributed by atoms with Crippen molar-refractivity contribution in [2.24, 2.45) is 0 Å². The van der Waals surface area contributed by atoms with Gasteiger partial charge in [0.2, 0.25) is 0 Å². The summed E-state index contributed by atoms with van der Waals surface area (Å²) in [4.78, 5) is 0. The van der Waals surface area contributed by atoms with Crippen LogP contribution in [0.2, 0.25) is 0 Å². The van der Waals surface area contributed by atoms with Crippen LogP contribution in [0.5, 0.6) is 0 Å². The van der Waals surface area contributed by atoms with Crippen molar-refractivity contribution in [2.75, 3.05) is 13.2 Å². The lowest BCUT2D eigenvalue weighted by atomic mass is 9.97. The Morgan fingerprint density at radius 2 is 1.74 bits per heavy atom. The van der Waals surface area contributed by atoms with Crippen molar-refractivity contribution in [1.82, 2.24) is 5.32 Å². The summed E-state index contributed by atoms with van der Waals surface area (Å²) < 4.78 is 0. The third-order valence-electron chi connectivity index (χ3n) is 5.07. The molecule has 0 unspecified atom stereocenters. The number of rotatable bonds is 5. The molecule has 0 amide bonds. The molecule has 0 bridgehead atoms. The molecule has 0 radical (unpaired) electrons. The van der Waals surface area contributed by atoms with E-state index in [0.29, 0.717) is 6.54 Å². The summed E-state index contributed by atoms with van der Waals surface area (Å²) in [5.74, 6) is 0. The summed E-state index contributed by atoms with van der Waals surface area (Å²) in [5.41, 5.74) is 3.34. The van der Waals surface area contributed by atoms with Crippen LogP contribution in [0.1, 0.15) is 23.6 Å². The Balaban J connectivity index is 1.82. The van der Waals surface area contributed by atoms with Gasteiger partial charge in [-0.15, -0.1) is 0 Å². The largest absolute Gasteiger partial charge is 0.394 e. The van der Waals surface area contributed by atoms with Crippen molar-refractivity contribution < 1.29 is 10.2 Å². The van der Waals surface area contributed by atoms with Gasteiger partial charge in [-0.3, -0.25) is 0 Å². The first-order valence-electron chi connectivity index (χ1n) is 8.07. The van der Waals surface area contributed by atoms with Crippen LogP contribution < -0.4 is 5.32 Å². The van der Waals surface area contributed by atoms with Crippen molar-refractivity contribution in [3.8, 4) is 0 Å². The van der Waals surface area contributed by atoms with Crippen molar-refractivity contribution in [3.05, 3.63) is 59.2 Å². The normalized spacial score (nSPS) is 13.5. The lowest BCUT2D eigenvalue weighted by Gasteiger charge is -2.26. The summed E-state index contributed by atoms with van der Waals surface area (Å²) >= 11 is 0. The van der Waals surface area contributed by atoms with Crippen LogP contribution in [0.25, 0.3) is 21.5 Å². The summed E-state index contributed by atoms with van der Waals surface area (Å²) in [6.45, 7) is 2.27. The van der Waals surface area contributed by atoms with Crippen LogP contribution in [0.15, 0.2) is 42.5 Å². The zero-order chi connectivity index (χ0) is 16.0. The van der Waals surface area contributed by atoms with Crippen LogP contribution in [0, 0.1) is 0 Å². The van der Waals surface area contributed by atoms with Crippen molar-refractivity contribution in [3.63, 3.8) is 0 Å². The third kappa shape index (κ3) is 2.24. The fraction of sp³-hybridized carbons (Fsp3) is 0.300. The predicted octanol–water partition coefficient (Wildman–Crippen LogP) is 2.73. The summed E-state index contributed by atoms with van der Waals surface area (Å²) in [7, 11) is 0. The molecule has 118 valence electrons. The second kappa shape index (κ2) is 5.31. The van der Waals surface area contributed by atoms with Gasteiger partial charge in [-0.2, -0.15) is 0 Å². The number of hydrogen-bond donors (Lipinski definition) is 3. The van der Waals surface area contributed by atoms with E-state index in [1.807, 2.05) is 6.92 Å². The molecule has 3 heteroatoms. The molecule has 3 N–H and O–H groups in total. The Kier molecular flexibility index (Phi) is 3.38. The topological polar surface area (TPSA) is 52.5 Å². The van der Waals surface area contributed by atoms with Crippen molar-refractivity contribution in [1.29, 1.82) is 0 Å². The smallest absolute Gasteiger partial charge is 0.0633 e. The highest BCUT2D eigenvalue weighted by molar-refractivity contribution is 6.14. The fourth-order valence-corrected chi connectivity index (χ4v) is 3.55. The van der Waals surface area contributed by atoms with Gasteiger partial charge in [0.1, 0.15) is 0 Å². The SMILES string of the molecule is CC(CO)(CO)NCc1ccc2c3c1ccc1cccc(c13)C2. The van der Waals surface area contributed by atoms with Gasteiger partial charge in [0, 0.05) is 6.54 Å². The number of aliphatic hydroxyl groups excluding tert-OH is 2. The summed E-state index contributed by atoms with van der Waals surface area (Å²) in [6.07, 6.45) is 1.01. The Morgan fingerprint density at radius 3 is 2.52 bits per heavy atom. The summed E-state index contributed by atoms with van der Waals surface area (Å²) in [6, 6.07) is 15.3. The fourth-order valence-electron chi connectivity index (χ4n) is 3.55. The van der Waals surface area contributed by atoms with Gasteiger partial charge < -0.3 is 15.5 Å². The number of aliphatic hydroxyl groups is 2. The van der Waals surface area contributed by atoms with E-state index in [4.69, 9.17) is 0 Å². The first kappa shape index (κ1) is 14.6. The molecule has 3 aromatic carbocycles. The molecule has 3 aromatic rings. The van der Waals surface area contributed by atoms with Crippen LogP contribution in [-0.4, -0.2) is 29.0 Å². The van der Waals surface area contributed by atoms with E-state index in [2.05, 4.69) is 47.8 Å². The minimum absolute atomic E-state index is 0.0907. The molecule has 4 rings (SSSR count). The first-order valence-corrected chi connectivity index (χ1v) is 8.07. The molecule has 3 nitrogen and oxygen atoms in total. The van der Waals surface area contributed by atoms with E-state index >= 15 is 0 Å². The average molecular weight is 307 g/mol. The number of nitrogens with one attached hydrogen (secondary N) is 1. The maximum absolute atomic E-state index is 9.45. The first-order chi connectivity index (χ1) is 11.1. The second-order valence-corrected chi connectivity index (χ2v) is 6.79. The number of benzene rings is 3. The van der Waals surface area contributed by atoms with E-state index in [1.54, 1.807) is 0 Å². The van der Waals surface area contributed by atoms with Gasteiger partial charge in [-0.05, 0) is 51.6 Å². The standard InChI is InChI=1S/C20H21NO2/c1-20(11-22,12-23)21-10-16-6-5-15-9-14-4-2-3-13-7-8-17(16)19(15)18(13)14/h2-8,21-23H,9-12H2,1H3. The monoisotopic (exact) mass is 307 g/mol. The maximum Gasteiger partial charge on any atom is 0.0633 e. The van der Waals surface area contributed by atoms with Gasteiger partial charge in [-0.25, -0.2) is 0 Å². The van der Waals surface area contributed by atoms with E-state index in [9.17, 15) is 10.2 Å². The highest BCUT2D eigenvalue weighted by Gasteiger charge is 2.23. The van der Waals surface area contributed by atoms with Crippen LogP contribution in [-0.2, 0) is 13.0 Å². The molecule has 0 saturated carbocycles. The van der Waals surface area contributed by atoms with E-state index in [1.165, 1.54) is 38.2 Å². The molecule has 0 fully saturated rings. The minimum Gasteiger partial charge on any atom is -0.394 e. The van der Waals surface area contributed by atoms with Crippen LogP contribution in [0.4, 0.5) is 0 Å². The van der Waals surface area contributed by atoms with Gasteiger partial charge in [0.25, 0.3) is 0 Å². The van der Waals surface area contributed by atoms with Gasteiger partial charge in [0.05, 0.1) is 18.8 Å². The third-order valence-corrected chi connectivity index (χ3v) is 5.07.